The maximum absolute atomic E-state index is 9.99. The number of hydrogen-bond acceptors (Lipinski definition) is 5. The Bertz CT molecular complexity index is 455. The molecule has 1 fully saturated rings. The number of anilines is 2. The van der Waals surface area contributed by atoms with E-state index in [1.165, 1.54) is 0 Å². The highest BCUT2D eigenvalue weighted by Crippen LogP contribution is 2.26. The lowest BCUT2D eigenvalue weighted by atomic mass is 9.95. The van der Waals surface area contributed by atoms with Gasteiger partial charge in [-0.3, -0.25) is 0 Å². The van der Waals surface area contributed by atoms with E-state index in [1.54, 1.807) is 6.07 Å². The summed E-state index contributed by atoms with van der Waals surface area (Å²) < 4.78 is 0. The molecular weight excluding hydrogens is 240 g/mol. The molecule has 1 aromatic rings. The molecule has 2 unspecified atom stereocenters. The molecule has 5 nitrogen and oxygen atoms in total. The number of aliphatic hydroxyl groups excluding tert-OH is 1. The summed E-state index contributed by atoms with van der Waals surface area (Å²) >= 11 is 0. The summed E-state index contributed by atoms with van der Waals surface area (Å²) in [6, 6.07) is 1.79. The van der Waals surface area contributed by atoms with Crippen LogP contribution in [0.3, 0.4) is 0 Å². The Morgan fingerprint density at radius 3 is 2.63 bits per heavy atom. The molecule has 0 radical (unpaired) electrons. The van der Waals surface area contributed by atoms with E-state index < -0.39 is 0 Å². The van der Waals surface area contributed by atoms with Gasteiger partial charge in [0.2, 0.25) is 0 Å². The third kappa shape index (κ3) is 3.15. The van der Waals surface area contributed by atoms with Crippen LogP contribution < -0.4 is 10.6 Å². The molecule has 0 amide bonds. The van der Waals surface area contributed by atoms with Crippen molar-refractivity contribution in [3.63, 3.8) is 0 Å². The summed E-state index contributed by atoms with van der Waals surface area (Å²) in [5.74, 6) is 2.40. The number of nitrogens with zero attached hydrogens (tertiary/aromatic N) is 3. The van der Waals surface area contributed by atoms with Crippen molar-refractivity contribution in [2.24, 2.45) is 5.92 Å². The smallest absolute Gasteiger partial charge is 0.138 e. The van der Waals surface area contributed by atoms with Gasteiger partial charge in [-0.1, -0.05) is 27.7 Å². The van der Waals surface area contributed by atoms with Crippen LogP contribution in [0.2, 0.25) is 0 Å². The zero-order valence-corrected chi connectivity index (χ0v) is 12.2. The first-order valence-corrected chi connectivity index (χ1v) is 6.85. The van der Waals surface area contributed by atoms with E-state index in [-0.39, 0.29) is 11.5 Å². The second kappa shape index (κ2) is 4.96. The van der Waals surface area contributed by atoms with Gasteiger partial charge in [0.15, 0.2) is 0 Å². The largest absolute Gasteiger partial charge is 0.391 e. The molecule has 0 aliphatic carbocycles. The van der Waals surface area contributed by atoms with Gasteiger partial charge in [0.1, 0.15) is 17.5 Å². The highest BCUT2D eigenvalue weighted by atomic mass is 16.3. The van der Waals surface area contributed by atoms with Gasteiger partial charge >= 0.3 is 0 Å². The van der Waals surface area contributed by atoms with Crippen LogP contribution in [-0.4, -0.2) is 34.3 Å². The monoisotopic (exact) mass is 264 g/mol. The fourth-order valence-electron chi connectivity index (χ4n) is 2.21. The van der Waals surface area contributed by atoms with E-state index in [4.69, 9.17) is 5.73 Å². The molecule has 3 N–H and O–H groups in total. The fourth-order valence-corrected chi connectivity index (χ4v) is 2.21. The average molecular weight is 264 g/mol. The van der Waals surface area contributed by atoms with Crippen molar-refractivity contribution >= 4 is 11.6 Å². The second-order valence-electron chi connectivity index (χ2n) is 6.50. The van der Waals surface area contributed by atoms with Crippen molar-refractivity contribution in [1.29, 1.82) is 0 Å². The van der Waals surface area contributed by atoms with E-state index in [0.29, 0.717) is 18.3 Å². The maximum Gasteiger partial charge on any atom is 0.138 e. The highest BCUT2D eigenvalue weighted by molar-refractivity contribution is 5.48. The maximum atomic E-state index is 9.99. The predicted molar refractivity (Wildman–Crippen MR) is 77.1 cm³/mol. The summed E-state index contributed by atoms with van der Waals surface area (Å²) in [6.07, 6.45) is 0.665. The van der Waals surface area contributed by atoms with Crippen LogP contribution in [0.5, 0.6) is 0 Å². The number of aliphatic hydroxyl groups is 1. The molecule has 106 valence electrons. The van der Waals surface area contributed by atoms with Crippen molar-refractivity contribution in [2.75, 3.05) is 23.7 Å². The first kappa shape index (κ1) is 14.1. The lowest BCUT2D eigenvalue weighted by molar-refractivity contribution is 0.102. The van der Waals surface area contributed by atoms with Crippen molar-refractivity contribution in [2.45, 2.75) is 45.6 Å². The highest BCUT2D eigenvalue weighted by Gasteiger charge is 2.26. The van der Waals surface area contributed by atoms with Gasteiger partial charge in [0.25, 0.3) is 0 Å². The zero-order chi connectivity index (χ0) is 14.2. The first-order chi connectivity index (χ1) is 8.77. The Labute approximate surface area is 114 Å². The fraction of sp³-hybridized carbons (Fsp3) is 0.714. The van der Waals surface area contributed by atoms with Gasteiger partial charge in [-0.15, -0.1) is 0 Å². The summed E-state index contributed by atoms with van der Waals surface area (Å²) in [5.41, 5.74) is 5.75. The van der Waals surface area contributed by atoms with Crippen LogP contribution in [0, 0.1) is 5.92 Å². The minimum absolute atomic E-state index is 0.133. The van der Waals surface area contributed by atoms with Gasteiger partial charge in [0.05, 0.1) is 6.10 Å². The Balaban J connectivity index is 2.28. The number of aromatic nitrogens is 2. The molecule has 0 bridgehead atoms. The third-order valence-electron chi connectivity index (χ3n) is 3.65. The molecule has 1 saturated heterocycles. The van der Waals surface area contributed by atoms with E-state index in [1.807, 2.05) is 0 Å². The normalized spacial score (nSPS) is 24.6. The van der Waals surface area contributed by atoms with Crippen LogP contribution in [0.1, 0.15) is 39.9 Å². The molecule has 2 heterocycles. The molecule has 1 aromatic heterocycles. The summed E-state index contributed by atoms with van der Waals surface area (Å²) in [5, 5.41) is 9.99. The van der Waals surface area contributed by atoms with Crippen molar-refractivity contribution in [1.82, 2.24) is 9.97 Å². The van der Waals surface area contributed by atoms with Crippen LogP contribution in [-0.2, 0) is 5.41 Å². The summed E-state index contributed by atoms with van der Waals surface area (Å²) in [7, 11) is 0. The van der Waals surface area contributed by atoms with Gasteiger partial charge in [-0.2, -0.15) is 0 Å². The van der Waals surface area contributed by atoms with Gasteiger partial charge in [-0.05, 0) is 12.3 Å². The molecule has 0 saturated carbocycles. The Morgan fingerprint density at radius 1 is 1.37 bits per heavy atom. The molecule has 0 spiro atoms. The Kier molecular flexibility index (Phi) is 3.67. The lowest BCUT2D eigenvalue weighted by Gasteiger charge is -2.35. The number of nitrogen functional groups attached to an aromatic ring is 1. The van der Waals surface area contributed by atoms with Crippen LogP contribution in [0.15, 0.2) is 6.07 Å². The zero-order valence-electron chi connectivity index (χ0n) is 12.2. The first-order valence-electron chi connectivity index (χ1n) is 6.85. The second-order valence-corrected chi connectivity index (χ2v) is 6.50. The number of nitrogens with two attached hydrogens (primary N) is 1. The number of rotatable bonds is 1. The van der Waals surface area contributed by atoms with E-state index in [9.17, 15) is 5.11 Å². The Hall–Kier alpha value is -1.36. The van der Waals surface area contributed by atoms with E-state index >= 15 is 0 Å². The van der Waals surface area contributed by atoms with Crippen molar-refractivity contribution in [3.8, 4) is 0 Å². The predicted octanol–water partition coefficient (Wildman–Crippen LogP) is 1.56. The standard InChI is InChI=1S/C14H24N4O/c1-9-5-6-18(8-10(9)19)12-7-11(15)16-13(17-12)14(2,3)4/h7,9-10,19H,5-6,8H2,1-4H3,(H2,15,16,17). The SMILES string of the molecule is CC1CCN(c2cc(N)nc(C(C)(C)C)n2)CC1O. The van der Waals surface area contributed by atoms with Gasteiger partial charge in [0, 0.05) is 24.6 Å². The van der Waals surface area contributed by atoms with Crippen molar-refractivity contribution < 1.29 is 5.11 Å². The van der Waals surface area contributed by atoms with Gasteiger partial charge in [-0.25, -0.2) is 9.97 Å². The van der Waals surface area contributed by atoms with Gasteiger partial charge < -0.3 is 15.7 Å². The number of hydrogen-bond donors (Lipinski definition) is 2. The molecule has 1 aliphatic heterocycles. The molecular formula is C14H24N4O. The minimum atomic E-state index is -0.303. The average Bonchev–Trinajstić information content (AvgIpc) is 2.31. The lowest BCUT2D eigenvalue weighted by Crippen LogP contribution is -2.43. The molecule has 2 rings (SSSR count). The van der Waals surface area contributed by atoms with Crippen molar-refractivity contribution in [3.05, 3.63) is 11.9 Å². The quantitative estimate of drug-likeness (QED) is 0.805. The number of β-amino-alcohol motifs (C(OH)–C–C–N with tert-alkyl or cyclic N) is 1. The van der Waals surface area contributed by atoms with E-state index in [2.05, 4.69) is 42.6 Å². The number of piperidine rings is 1. The molecule has 1 aliphatic rings. The molecule has 5 heteroatoms. The molecule has 2 atom stereocenters. The third-order valence-corrected chi connectivity index (χ3v) is 3.65. The summed E-state index contributed by atoms with van der Waals surface area (Å²) in [6.45, 7) is 9.80. The molecule has 0 aromatic carbocycles. The van der Waals surface area contributed by atoms with E-state index in [0.717, 1.165) is 24.6 Å². The minimum Gasteiger partial charge on any atom is -0.391 e. The Morgan fingerprint density at radius 2 is 2.05 bits per heavy atom. The summed E-state index contributed by atoms with van der Waals surface area (Å²) in [4.78, 5) is 11.0. The van der Waals surface area contributed by atoms with Crippen LogP contribution in [0.25, 0.3) is 0 Å². The van der Waals surface area contributed by atoms with Crippen LogP contribution in [0.4, 0.5) is 11.6 Å². The molecule has 19 heavy (non-hydrogen) atoms. The van der Waals surface area contributed by atoms with Crippen LogP contribution >= 0.6 is 0 Å². The topological polar surface area (TPSA) is 75.3 Å².